The van der Waals surface area contributed by atoms with Crippen LogP contribution in [0.1, 0.15) is 11.5 Å². The molecular weight excluding hydrogens is 325 g/mol. The van der Waals surface area contributed by atoms with Crippen LogP contribution in [0.25, 0.3) is 0 Å². The third kappa shape index (κ3) is 3.76. The number of aliphatic carboxylic acids is 1. The molecule has 0 radical (unpaired) electrons. The van der Waals surface area contributed by atoms with Gasteiger partial charge in [0, 0.05) is 0 Å². The number of carboxylic acid groups (broad SMARTS) is 1. The zero-order valence-corrected chi connectivity index (χ0v) is 13.0. The van der Waals surface area contributed by atoms with Crippen molar-refractivity contribution in [1.82, 2.24) is 9.03 Å². The Morgan fingerprint density at radius 2 is 2.26 bits per heavy atom. The van der Waals surface area contributed by atoms with Gasteiger partial charge in [-0.2, -0.15) is 0 Å². The van der Waals surface area contributed by atoms with E-state index in [1.165, 1.54) is 0 Å². The van der Waals surface area contributed by atoms with Crippen LogP contribution in [-0.4, -0.2) is 72.4 Å². The van der Waals surface area contributed by atoms with E-state index < -0.39 is 47.0 Å². The molecule has 0 aromatic carbocycles. The van der Waals surface area contributed by atoms with E-state index in [-0.39, 0.29) is 6.54 Å². The van der Waals surface area contributed by atoms with Crippen LogP contribution in [0.4, 0.5) is 0 Å². The van der Waals surface area contributed by atoms with Gasteiger partial charge in [0.2, 0.25) is 0 Å². The Kier molecular flexibility index (Phi) is 5.18. The molecule has 11 heteroatoms. The standard InChI is InChI=1S/C12H18BN3O6S/c14-12(11(19)20)7-16(23(21,22)15-5-10(17)18)6-9(12)8-2-1-3-13-4-8/h1-4,9-10,15,17-18H,5-7,14H2,(H,19,20). The van der Waals surface area contributed by atoms with Crippen LogP contribution in [0.15, 0.2) is 24.1 Å². The van der Waals surface area contributed by atoms with Crippen molar-refractivity contribution < 1.29 is 28.5 Å². The Balaban J connectivity index is 2.29. The molecule has 2 atom stereocenters. The number of nitrogens with zero attached hydrogens (tertiary/aromatic N) is 1. The van der Waals surface area contributed by atoms with Gasteiger partial charge in [-0.25, -0.2) is 0 Å². The topological polar surface area (TPSA) is 153 Å². The summed E-state index contributed by atoms with van der Waals surface area (Å²) in [6.07, 6.45) is -1.85. The van der Waals surface area contributed by atoms with Crippen LogP contribution in [0.3, 0.4) is 0 Å². The van der Waals surface area contributed by atoms with Crippen LogP contribution in [0.5, 0.6) is 0 Å². The summed E-state index contributed by atoms with van der Waals surface area (Å²) in [4.78, 5) is 11.6. The van der Waals surface area contributed by atoms with Gasteiger partial charge in [-0.05, 0) is 0 Å². The van der Waals surface area contributed by atoms with Crippen molar-refractivity contribution in [2.45, 2.75) is 17.7 Å². The molecule has 9 nitrogen and oxygen atoms in total. The van der Waals surface area contributed by atoms with Crippen LogP contribution in [0, 0.1) is 0 Å². The first-order valence-electron chi connectivity index (χ1n) is 6.85. The van der Waals surface area contributed by atoms with E-state index >= 15 is 0 Å². The minimum atomic E-state index is -4.08. The summed E-state index contributed by atoms with van der Waals surface area (Å²) in [5, 5.41) is 27.0. The van der Waals surface area contributed by atoms with Crippen molar-refractivity contribution in [1.29, 1.82) is 0 Å². The Bertz CT molecular complexity index is 671. The number of rotatable bonds is 6. The van der Waals surface area contributed by atoms with Crippen molar-refractivity contribution >= 4 is 23.1 Å². The van der Waals surface area contributed by atoms with E-state index in [1.54, 1.807) is 31.0 Å². The second-order valence-corrected chi connectivity index (χ2v) is 7.19. The Hall–Kier alpha value is -1.37. The second kappa shape index (κ2) is 6.63. The van der Waals surface area contributed by atoms with Gasteiger partial charge in [-0.1, -0.05) is 0 Å². The van der Waals surface area contributed by atoms with Crippen molar-refractivity contribution in [3.8, 4) is 0 Å². The van der Waals surface area contributed by atoms with Gasteiger partial charge < -0.3 is 0 Å². The van der Waals surface area contributed by atoms with Gasteiger partial charge in [0.15, 0.2) is 0 Å². The monoisotopic (exact) mass is 343 g/mol. The fourth-order valence-electron chi connectivity index (χ4n) is 2.59. The third-order valence-corrected chi connectivity index (χ3v) is 5.32. The van der Waals surface area contributed by atoms with Gasteiger partial charge in [-0.15, -0.1) is 0 Å². The molecule has 126 valence electrons. The van der Waals surface area contributed by atoms with E-state index in [4.69, 9.17) is 15.9 Å². The Morgan fingerprint density at radius 1 is 1.57 bits per heavy atom. The predicted octanol–water partition coefficient (Wildman–Crippen LogP) is -2.65. The number of nitrogens with one attached hydrogen (secondary N) is 1. The number of aliphatic hydroxyl groups is 2. The molecule has 1 aliphatic rings. The number of carboxylic acids is 1. The van der Waals surface area contributed by atoms with Crippen molar-refractivity contribution in [3.63, 3.8) is 0 Å². The van der Waals surface area contributed by atoms with E-state index in [2.05, 4.69) is 0 Å². The molecular formula is C12H18BN3O6S. The van der Waals surface area contributed by atoms with E-state index in [0.29, 0.717) is 5.56 Å². The zero-order chi connectivity index (χ0) is 17.3. The van der Waals surface area contributed by atoms with E-state index in [1.807, 2.05) is 4.72 Å². The maximum atomic E-state index is 12.2. The van der Waals surface area contributed by atoms with Crippen LogP contribution in [-0.2, 0) is 15.0 Å². The molecule has 0 spiro atoms. The van der Waals surface area contributed by atoms with E-state index in [0.717, 1.165) is 4.31 Å². The Labute approximate surface area is 134 Å². The van der Waals surface area contributed by atoms with Crippen LogP contribution < -0.4 is 10.5 Å². The molecule has 1 aliphatic heterocycles. The number of carbonyl (C=O) groups is 1. The molecule has 0 bridgehead atoms. The SMILES string of the molecule is NC1(C(=O)O)CN(S(=O)(=O)NCC(O)O)CC1c1cbccc1. The summed E-state index contributed by atoms with van der Waals surface area (Å²) in [5.74, 6) is 1.43. The average molecular weight is 343 g/mol. The normalized spacial score (nSPS) is 25.7. The first-order chi connectivity index (χ1) is 10.7. The molecule has 1 aromatic rings. The molecule has 0 amide bonds. The first-order valence-corrected chi connectivity index (χ1v) is 8.29. The minimum absolute atomic E-state index is 0.121. The number of nitrogens with two attached hydrogens (primary N) is 1. The fraction of sp³-hybridized carbons (Fsp3) is 0.500. The molecule has 6 N–H and O–H groups in total. The molecule has 23 heavy (non-hydrogen) atoms. The third-order valence-electron chi connectivity index (χ3n) is 3.83. The molecule has 2 rings (SSSR count). The number of hydrogen-bond donors (Lipinski definition) is 5. The summed E-state index contributed by atoms with van der Waals surface area (Å²) in [5.41, 5.74) is 4.84. The van der Waals surface area contributed by atoms with Gasteiger partial charge in [0.05, 0.1) is 0 Å². The quantitative estimate of drug-likeness (QED) is 0.354. The summed E-state index contributed by atoms with van der Waals surface area (Å²) in [6, 6.07) is 3.41. The summed E-state index contributed by atoms with van der Waals surface area (Å²) in [6.45, 7) is 0.580. The summed E-state index contributed by atoms with van der Waals surface area (Å²) < 4.78 is 27.2. The van der Waals surface area contributed by atoms with E-state index in [9.17, 15) is 18.3 Å². The number of hydrogen-bond acceptors (Lipinski definition) is 6. The van der Waals surface area contributed by atoms with Crippen LogP contribution >= 0.6 is 0 Å². The molecule has 0 aliphatic carbocycles. The first kappa shape index (κ1) is 18.0. The van der Waals surface area contributed by atoms with Crippen molar-refractivity contribution in [3.05, 3.63) is 29.6 Å². The Morgan fingerprint density at radius 3 is 2.78 bits per heavy atom. The maximum absolute atomic E-state index is 12.2. The van der Waals surface area contributed by atoms with Crippen molar-refractivity contribution in [2.24, 2.45) is 5.73 Å². The average Bonchev–Trinajstić information content (AvgIpc) is 2.86. The van der Waals surface area contributed by atoms with Gasteiger partial charge >= 0.3 is 133 Å². The number of aliphatic hydroxyl groups excluding tert-OH is 1. The molecule has 2 unspecified atom stereocenters. The second-order valence-electron chi connectivity index (χ2n) is 5.44. The predicted molar refractivity (Wildman–Crippen MR) is 81.8 cm³/mol. The van der Waals surface area contributed by atoms with Crippen molar-refractivity contribution in [2.75, 3.05) is 19.6 Å². The molecule has 2 heterocycles. The fourth-order valence-corrected chi connectivity index (χ4v) is 3.86. The molecule has 1 saturated heterocycles. The summed E-state index contributed by atoms with van der Waals surface area (Å²) in [7, 11) is -4.08. The molecule has 1 fully saturated rings. The van der Waals surface area contributed by atoms with Gasteiger partial charge in [0.25, 0.3) is 0 Å². The zero-order valence-electron chi connectivity index (χ0n) is 12.2. The molecule has 1 aromatic heterocycles. The van der Waals surface area contributed by atoms with Crippen LogP contribution in [0.2, 0.25) is 0 Å². The van der Waals surface area contributed by atoms with Gasteiger partial charge in [-0.3, -0.25) is 0 Å². The van der Waals surface area contributed by atoms with Gasteiger partial charge in [0.1, 0.15) is 0 Å². The molecule has 0 saturated carbocycles. The summed E-state index contributed by atoms with van der Waals surface area (Å²) >= 11 is 0.